The molecule has 2 aromatic rings. The molecular formula is C9H13BrN6. The maximum atomic E-state index is 4.08. The number of hydrogen-bond acceptors (Lipinski definition) is 5. The van der Waals surface area contributed by atoms with Gasteiger partial charge in [0.1, 0.15) is 0 Å². The third kappa shape index (κ3) is 2.46. The molecule has 2 heterocycles. The predicted octanol–water partition coefficient (Wildman–Crippen LogP) is 1.49. The van der Waals surface area contributed by atoms with Gasteiger partial charge < -0.3 is 5.32 Å². The second-order valence-corrected chi connectivity index (χ2v) is 5.37. The molecule has 6 nitrogen and oxygen atoms in total. The highest BCUT2D eigenvalue weighted by atomic mass is 79.9. The molecule has 0 aromatic carbocycles. The lowest BCUT2D eigenvalue weighted by atomic mass is 10.2. The van der Waals surface area contributed by atoms with Crippen LogP contribution in [0.25, 0.3) is 5.65 Å². The van der Waals surface area contributed by atoms with Gasteiger partial charge in [-0.05, 0) is 23.8 Å². The standard InChI is InChI=1S/C9H13BrN6/c1-6(10)3-7(2)12-8-4-11-5-9-13-14-15-16(8)9/h4-7,12H,3H2,1-2H3. The number of alkyl halides is 1. The number of rotatable bonds is 4. The molecule has 2 rings (SSSR count). The first-order valence-electron chi connectivity index (χ1n) is 5.09. The summed E-state index contributed by atoms with van der Waals surface area (Å²) in [6.45, 7) is 4.23. The van der Waals surface area contributed by atoms with Crippen molar-refractivity contribution in [2.45, 2.75) is 31.1 Å². The van der Waals surface area contributed by atoms with Gasteiger partial charge in [-0.15, -0.1) is 5.10 Å². The van der Waals surface area contributed by atoms with E-state index < -0.39 is 0 Å². The van der Waals surface area contributed by atoms with Gasteiger partial charge in [-0.1, -0.05) is 22.9 Å². The SMILES string of the molecule is CC(Br)CC(C)Nc1cncc2nnnn12. The molecule has 0 bridgehead atoms. The van der Waals surface area contributed by atoms with Crippen molar-refractivity contribution in [3.8, 4) is 0 Å². The van der Waals surface area contributed by atoms with Crippen molar-refractivity contribution in [1.82, 2.24) is 25.0 Å². The van der Waals surface area contributed by atoms with Gasteiger partial charge in [0.15, 0.2) is 11.5 Å². The Labute approximate surface area is 102 Å². The Morgan fingerprint density at radius 1 is 1.44 bits per heavy atom. The van der Waals surface area contributed by atoms with Crippen molar-refractivity contribution in [3.63, 3.8) is 0 Å². The third-order valence-electron chi connectivity index (χ3n) is 2.18. The van der Waals surface area contributed by atoms with Crippen LogP contribution in [-0.2, 0) is 0 Å². The number of aromatic nitrogens is 5. The summed E-state index contributed by atoms with van der Waals surface area (Å²) in [6, 6.07) is 0.325. The zero-order chi connectivity index (χ0) is 11.5. The summed E-state index contributed by atoms with van der Waals surface area (Å²) >= 11 is 3.53. The normalized spacial score (nSPS) is 14.9. The largest absolute Gasteiger partial charge is 0.366 e. The van der Waals surface area contributed by atoms with E-state index >= 15 is 0 Å². The Morgan fingerprint density at radius 2 is 2.25 bits per heavy atom. The van der Waals surface area contributed by atoms with Gasteiger partial charge in [0, 0.05) is 10.9 Å². The Morgan fingerprint density at radius 3 is 3.00 bits per heavy atom. The molecule has 86 valence electrons. The van der Waals surface area contributed by atoms with E-state index in [2.05, 4.69) is 55.6 Å². The first kappa shape index (κ1) is 11.3. The lowest BCUT2D eigenvalue weighted by Crippen LogP contribution is -2.20. The van der Waals surface area contributed by atoms with Gasteiger partial charge in [-0.25, -0.2) is 0 Å². The van der Waals surface area contributed by atoms with E-state index in [-0.39, 0.29) is 0 Å². The van der Waals surface area contributed by atoms with E-state index in [1.165, 1.54) is 0 Å². The van der Waals surface area contributed by atoms with Crippen LogP contribution < -0.4 is 5.32 Å². The molecule has 16 heavy (non-hydrogen) atoms. The Kier molecular flexibility index (Phi) is 3.33. The summed E-state index contributed by atoms with van der Waals surface area (Å²) in [7, 11) is 0. The molecule has 0 aliphatic heterocycles. The molecule has 0 aliphatic rings. The van der Waals surface area contributed by atoms with Gasteiger partial charge in [0.25, 0.3) is 0 Å². The molecule has 0 fully saturated rings. The number of halogens is 1. The first-order valence-corrected chi connectivity index (χ1v) is 6.01. The molecule has 0 saturated carbocycles. The fraction of sp³-hybridized carbons (Fsp3) is 0.556. The second-order valence-electron chi connectivity index (χ2n) is 3.80. The van der Waals surface area contributed by atoms with Crippen LogP contribution in [0.2, 0.25) is 0 Å². The van der Waals surface area contributed by atoms with Crippen molar-refractivity contribution < 1.29 is 0 Å². The number of nitrogens with one attached hydrogen (secondary N) is 1. The Hall–Kier alpha value is -1.24. The van der Waals surface area contributed by atoms with Crippen molar-refractivity contribution in [1.29, 1.82) is 0 Å². The molecule has 1 N–H and O–H groups in total. The molecule has 7 heteroatoms. The van der Waals surface area contributed by atoms with E-state index in [4.69, 9.17) is 0 Å². The summed E-state index contributed by atoms with van der Waals surface area (Å²) in [5, 5.41) is 14.7. The minimum Gasteiger partial charge on any atom is -0.366 e. The van der Waals surface area contributed by atoms with Crippen LogP contribution in [0.5, 0.6) is 0 Å². The van der Waals surface area contributed by atoms with Gasteiger partial charge in [0.05, 0.1) is 12.4 Å². The minimum absolute atomic E-state index is 0.325. The van der Waals surface area contributed by atoms with E-state index in [1.807, 2.05) is 0 Å². The van der Waals surface area contributed by atoms with Crippen LogP contribution in [0.3, 0.4) is 0 Å². The van der Waals surface area contributed by atoms with E-state index in [0.29, 0.717) is 16.5 Å². The van der Waals surface area contributed by atoms with Crippen LogP contribution in [0, 0.1) is 0 Å². The number of hydrogen-bond donors (Lipinski definition) is 1. The number of nitrogens with zero attached hydrogens (tertiary/aromatic N) is 5. The average Bonchev–Trinajstić information content (AvgIpc) is 2.65. The summed E-state index contributed by atoms with van der Waals surface area (Å²) in [4.78, 5) is 4.55. The maximum absolute atomic E-state index is 4.08. The van der Waals surface area contributed by atoms with Crippen LogP contribution in [0.4, 0.5) is 5.82 Å². The van der Waals surface area contributed by atoms with E-state index in [0.717, 1.165) is 12.2 Å². The van der Waals surface area contributed by atoms with Gasteiger partial charge in [-0.3, -0.25) is 4.98 Å². The van der Waals surface area contributed by atoms with Crippen molar-refractivity contribution in [2.24, 2.45) is 0 Å². The average molecular weight is 285 g/mol. The predicted molar refractivity (Wildman–Crippen MR) is 64.7 cm³/mol. The number of tetrazole rings is 1. The highest BCUT2D eigenvalue weighted by Crippen LogP contribution is 2.12. The van der Waals surface area contributed by atoms with Gasteiger partial charge >= 0.3 is 0 Å². The smallest absolute Gasteiger partial charge is 0.199 e. The summed E-state index contributed by atoms with van der Waals surface area (Å²) < 4.78 is 1.64. The highest BCUT2D eigenvalue weighted by Gasteiger charge is 2.09. The van der Waals surface area contributed by atoms with Gasteiger partial charge in [-0.2, -0.15) is 4.52 Å². The van der Waals surface area contributed by atoms with E-state index in [1.54, 1.807) is 16.9 Å². The molecule has 2 unspecified atom stereocenters. The molecule has 0 radical (unpaired) electrons. The molecule has 0 spiro atoms. The fourth-order valence-electron chi connectivity index (χ4n) is 1.57. The fourth-order valence-corrected chi connectivity index (χ4v) is 2.13. The van der Waals surface area contributed by atoms with E-state index in [9.17, 15) is 0 Å². The van der Waals surface area contributed by atoms with Crippen molar-refractivity contribution in [2.75, 3.05) is 5.32 Å². The van der Waals surface area contributed by atoms with Crippen LogP contribution in [-0.4, -0.2) is 35.9 Å². The Bertz CT molecular complexity index is 468. The lowest BCUT2D eigenvalue weighted by Gasteiger charge is -2.16. The topological polar surface area (TPSA) is 68.0 Å². The molecule has 0 saturated heterocycles. The number of anilines is 1. The molecular weight excluding hydrogens is 272 g/mol. The van der Waals surface area contributed by atoms with Gasteiger partial charge in [0.2, 0.25) is 0 Å². The minimum atomic E-state index is 0.325. The number of fused-ring (bicyclic) bond motifs is 1. The first-order chi connectivity index (χ1) is 7.66. The second kappa shape index (κ2) is 4.73. The van der Waals surface area contributed by atoms with Crippen LogP contribution >= 0.6 is 15.9 Å². The molecule has 2 atom stereocenters. The summed E-state index contributed by atoms with van der Waals surface area (Å²) in [5.74, 6) is 0.808. The summed E-state index contributed by atoms with van der Waals surface area (Å²) in [5.41, 5.74) is 0.643. The zero-order valence-corrected chi connectivity index (χ0v) is 10.7. The third-order valence-corrected chi connectivity index (χ3v) is 2.56. The summed E-state index contributed by atoms with van der Waals surface area (Å²) in [6.07, 6.45) is 4.36. The quantitative estimate of drug-likeness (QED) is 0.862. The van der Waals surface area contributed by atoms with Crippen LogP contribution in [0.1, 0.15) is 20.3 Å². The Balaban J connectivity index is 2.17. The monoisotopic (exact) mass is 284 g/mol. The van der Waals surface area contributed by atoms with Crippen molar-refractivity contribution >= 4 is 27.4 Å². The molecule has 2 aromatic heterocycles. The maximum Gasteiger partial charge on any atom is 0.199 e. The highest BCUT2D eigenvalue weighted by molar-refractivity contribution is 9.09. The van der Waals surface area contributed by atoms with Crippen LogP contribution in [0.15, 0.2) is 12.4 Å². The lowest BCUT2D eigenvalue weighted by molar-refractivity contribution is 0.695. The van der Waals surface area contributed by atoms with Crippen molar-refractivity contribution in [3.05, 3.63) is 12.4 Å². The molecule has 0 aliphatic carbocycles. The molecule has 0 amide bonds. The zero-order valence-electron chi connectivity index (χ0n) is 9.13.